The first-order valence-electron chi connectivity index (χ1n) is 5.16. The number of aliphatic hydroxyl groups is 1. The molecule has 14 heavy (non-hydrogen) atoms. The Morgan fingerprint density at radius 1 is 1.36 bits per heavy atom. The summed E-state index contributed by atoms with van der Waals surface area (Å²) in [7, 11) is 0. The largest absolute Gasteiger partial charge is 0.396 e. The first kappa shape index (κ1) is 9.69. The van der Waals surface area contributed by atoms with E-state index < -0.39 is 0 Å². The van der Waals surface area contributed by atoms with Crippen molar-refractivity contribution in [2.45, 2.75) is 31.2 Å². The van der Waals surface area contributed by atoms with Gasteiger partial charge >= 0.3 is 0 Å². The number of rotatable bonds is 3. The van der Waals surface area contributed by atoms with Crippen molar-refractivity contribution in [3.8, 4) is 0 Å². The molecule has 0 bridgehead atoms. The fourth-order valence-corrected chi connectivity index (χ4v) is 1.67. The van der Waals surface area contributed by atoms with Crippen molar-refractivity contribution in [2.75, 3.05) is 6.61 Å². The van der Waals surface area contributed by atoms with Gasteiger partial charge in [0.05, 0.1) is 0 Å². The predicted molar refractivity (Wildman–Crippen MR) is 57.0 cm³/mol. The lowest BCUT2D eigenvalue weighted by atomic mass is 9.98. The third kappa shape index (κ3) is 1.68. The molecule has 1 aliphatic carbocycles. The summed E-state index contributed by atoms with van der Waals surface area (Å²) < 4.78 is 0. The summed E-state index contributed by atoms with van der Waals surface area (Å²) in [6, 6.07) is 8.33. The second-order valence-corrected chi connectivity index (χ2v) is 4.36. The van der Waals surface area contributed by atoms with Gasteiger partial charge in [0.2, 0.25) is 0 Å². The van der Waals surface area contributed by atoms with E-state index in [2.05, 4.69) is 24.3 Å². The van der Waals surface area contributed by atoms with Crippen LogP contribution in [-0.4, -0.2) is 11.7 Å². The Balaban J connectivity index is 2.18. The number of benzene rings is 1. The van der Waals surface area contributed by atoms with Crippen molar-refractivity contribution in [3.05, 3.63) is 35.4 Å². The molecule has 0 saturated heterocycles. The van der Waals surface area contributed by atoms with Gasteiger partial charge in [-0.25, -0.2) is 0 Å². The fourth-order valence-electron chi connectivity index (χ4n) is 1.67. The van der Waals surface area contributed by atoms with Gasteiger partial charge in [-0.15, -0.1) is 0 Å². The van der Waals surface area contributed by atoms with Crippen molar-refractivity contribution in [1.82, 2.24) is 0 Å². The van der Waals surface area contributed by atoms with Gasteiger partial charge in [-0.05, 0) is 24.0 Å². The maximum atomic E-state index is 9.01. The van der Waals surface area contributed by atoms with Gasteiger partial charge in [0.25, 0.3) is 0 Å². The van der Waals surface area contributed by atoms with E-state index in [1.54, 1.807) is 0 Å². The van der Waals surface area contributed by atoms with Crippen LogP contribution in [0.25, 0.3) is 0 Å². The van der Waals surface area contributed by atoms with Gasteiger partial charge in [-0.3, -0.25) is 0 Å². The normalized spacial score (nSPS) is 20.5. The first-order valence-corrected chi connectivity index (χ1v) is 5.16. The molecule has 2 nitrogen and oxygen atoms in total. The van der Waals surface area contributed by atoms with E-state index in [-0.39, 0.29) is 18.1 Å². The number of aliphatic hydroxyl groups excluding tert-OH is 1. The zero-order valence-electron chi connectivity index (χ0n) is 8.53. The molecule has 76 valence electrons. The van der Waals surface area contributed by atoms with Crippen molar-refractivity contribution in [1.29, 1.82) is 0 Å². The van der Waals surface area contributed by atoms with Crippen molar-refractivity contribution in [3.63, 3.8) is 0 Å². The molecule has 1 saturated carbocycles. The third-order valence-electron chi connectivity index (χ3n) is 3.12. The highest BCUT2D eigenvalue weighted by Crippen LogP contribution is 2.42. The average Bonchev–Trinajstić information content (AvgIpc) is 2.97. The van der Waals surface area contributed by atoms with Crippen LogP contribution in [0.4, 0.5) is 0 Å². The molecule has 3 N–H and O–H groups in total. The van der Waals surface area contributed by atoms with E-state index >= 15 is 0 Å². The van der Waals surface area contributed by atoms with Crippen molar-refractivity contribution >= 4 is 0 Å². The molecule has 0 aromatic heterocycles. The maximum absolute atomic E-state index is 9.01. The van der Waals surface area contributed by atoms with Gasteiger partial charge < -0.3 is 10.8 Å². The Labute approximate surface area is 84.7 Å². The van der Waals surface area contributed by atoms with E-state index in [1.165, 1.54) is 11.1 Å². The molecule has 1 unspecified atom stereocenters. The summed E-state index contributed by atoms with van der Waals surface area (Å²) >= 11 is 0. The maximum Gasteiger partial charge on any atom is 0.0497 e. The minimum absolute atomic E-state index is 0.0407. The zero-order valence-corrected chi connectivity index (χ0v) is 8.53. The van der Waals surface area contributed by atoms with E-state index in [9.17, 15) is 0 Å². The Hall–Kier alpha value is -0.860. The van der Waals surface area contributed by atoms with E-state index in [4.69, 9.17) is 10.8 Å². The Morgan fingerprint density at radius 3 is 2.36 bits per heavy atom. The van der Waals surface area contributed by atoms with Gasteiger partial charge in [-0.2, -0.15) is 0 Å². The molecule has 1 fully saturated rings. The van der Waals surface area contributed by atoms with Gasteiger partial charge in [-0.1, -0.05) is 31.2 Å². The summed E-state index contributed by atoms with van der Waals surface area (Å²) in [5.74, 6) is 0.219. The highest BCUT2D eigenvalue weighted by atomic mass is 16.3. The van der Waals surface area contributed by atoms with Crippen LogP contribution in [0.15, 0.2) is 24.3 Å². The quantitative estimate of drug-likeness (QED) is 0.764. The molecule has 2 heteroatoms. The van der Waals surface area contributed by atoms with E-state index in [0.717, 1.165) is 12.8 Å². The molecule has 1 aromatic carbocycles. The SMILES string of the molecule is CC(CO)c1ccc(C2(N)CC2)cc1. The Bertz CT molecular complexity index is 314. The van der Waals surface area contributed by atoms with E-state index in [1.807, 2.05) is 6.92 Å². The minimum Gasteiger partial charge on any atom is -0.396 e. The molecule has 0 amide bonds. The minimum atomic E-state index is -0.0407. The number of nitrogens with two attached hydrogens (primary N) is 1. The summed E-state index contributed by atoms with van der Waals surface area (Å²) in [6.45, 7) is 2.22. The molecular formula is C12H17NO. The zero-order chi connectivity index (χ0) is 10.2. The van der Waals surface area contributed by atoms with Gasteiger partial charge in [0, 0.05) is 18.1 Å². The predicted octanol–water partition coefficient (Wildman–Crippen LogP) is 1.73. The molecule has 1 atom stereocenters. The van der Waals surface area contributed by atoms with Crippen LogP contribution in [0.3, 0.4) is 0 Å². The topological polar surface area (TPSA) is 46.2 Å². The smallest absolute Gasteiger partial charge is 0.0497 e. The van der Waals surface area contributed by atoms with Crippen LogP contribution in [0, 0.1) is 0 Å². The van der Waals surface area contributed by atoms with Crippen LogP contribution >= 0.6 is 0 Å². The highest BCUT2D eigenvalue weighted by molar-refractivity contribution is 5.33. The summed E-state index contributed by atoms with van der Waals surface area (Å²) in [5.41, 5.74) is 8.45. The van der Waals surface area contributed by atoms with Crippen molar-refractivity contribution < 1.29 is 5.11 Å². The molecular weight excluding hydrogens is 174 g/mol. The van der Waals surface area contributed by atoms with Gasteiger partial charge in [0.1, 0.15) is 0 Å². The van der Waals surface area contributed by atoms with Crippen LogP contribution < -0.4 is 5.73 Å². The highest BCUT2D eigenvalue weighted by Gasteiger charge is 2.39. The molecule has 0 heterocycles. The summed E-state index contributed by atoms with van der Waals surface area (Å²) in [5, 5.41) is 9.01. The molecule has 1 aliphatic rings. The lowest BCUT2D eigenvalue weighted by Gasteiger charge is -2.12. The van der Waals surface area contributed by atoms with Crippen LogP contribution in [-0.2, 0) is 5.54 Å². The molecule has 0 radical (unpaired) electrons. The lowest BCUT2D eigenvalue weighted by Crippen LogP contribution is -2.18. The van der Waals surface area contributed by atoms with E-state index in [0.29, 0.717) is 0 Å². The number of hydrogen-bond donors (Lipinski definition) is 2. The standard InChI is InChI=1S/C12H17NO/c1-9(8-14)10-2-4-11(5-3-10)12(13)6-7-12/h2-5,9,14H,6-8,13H2,1H3. The number of hydrogen-bond acceptors (Lipinski definition) is 2. The Morgan fingerprint density at radius 2 is 1.93 bits per heavy atom. The molecule has 1 aromatic rings. The second-order valence-electron chi connectivity index (χ2n) is 4.36. The second kappa shape index (κ2) is 3.37. The first-order chi connectivity index (χ1) is 6.65. The lowest BCUT2D eigenvalue weighted by molar-refractivity contribution is 0.273. The van der Waals surface area contributed by atoms with Gasteiger partial charge in [0.15, 0.2) is 0 Å². The summed E-state index contributed by atoms with van der Waals surface area (Å²) in [6.07, 6.45) is 2.20. The van der Waals surface area contributed by atoms with Crippen LogP contribution in [0.1, 0.15) is 36.8 Å². The van der Waals surface area contributed by atoms with Crippen molar-refractivity contribution in [2.24, 2.45) is 5.73 Å². The molecule has 2 rings (SSSR count). The molecule has 0 aliphatic heterocycles. The average molecular weight is 191 g/mol. The van der Waals surface area contributed by atoms with Crippen LogP contribution in [0.5, 0.6) is 0 Å². The van der Waals surface area contributed by atoms with Crippen LogP contribution in [0.2, 0.25) is 0 Å². The summed E-state index contributed by atoms with van der Waals surface area (Å²) in [4.78, 5) is 0. The molecule has 0 spiro atoms. The third-order valence-corrected chi connectivity index (χ3v) is 3.12. The Kier molecular flexibility index (Phi) is 2.33. The fraction of sp³-hybridized carbons (Fsp3) is 0.500. The monoisotopic (exact) mass is 191 g/mol.